The molecule has 222 valence electrons. The van der Waals surface area contributed by atoms with Crippen LogP contribution in [0.3, 0.4) is 0 Å². The summed E-state index contributed by atoms with van der Waals surface area (Å²) in [5.74, 6) is 1.15. The van der Waals surface area contributed by atoms with Crippen LogP contribution in [0.15, 0.2) is 0 Å². The summed E-state index contributed by atoms with van der Waals surface area (Å²) in [5.41, 5.74) is -0.259. The fraction of sp³-hybridized carbons (Fsp3) is 1.00. The summed E-state index contributed by atoms with van der Waals surface area (Å²) in [6, 6.07) is 0. The summed E-state index contributed by atoms with van der Waals surface area (Å²) in [6.45, 7) is 16.1. The molecule has 1 aliphatic heterocycles. The van der Waals surface area contributed by atoms with Crippen LogP contribution in [-0.4, -0.2) is 60.4 Å². The van der Waals surface area contributed by atoms with Crippen molar-refractivity contribution in [3.8, 4) is 0 Å². The van der Waals surface area contributed by atoms with Crippen molar-refractivity contribution in [3.63, 3.8) is 0 Å². The molecule has 10 atom stereocenters. The van der Waals surface area contributed by atoms with Gasteiger partial charge in [0.15, 0.2) is 0 Å². The standard InChI is InChI=1S/C32H58O6/c1-9-23-17-32(13-10-11-24(34)22(23)2)16-15-30(6)27(25(36-20-33)18-29(30,5)19-32)31(7)14-12-26(38-31)28(3,4)37-21-35-8/h22-27,33-34H,9-21H2,1-8H3/t22?,23?,24-,25-,26?,27-,29-,30+,31+,32+/m0/s1. The maximum absolute atomic E-state index is 10.7. The quantitative estimate of drug-likeness (QED) is 0.346. The second kappa shape index (κ2) is 11.2. The molecule has 3 aliphatic carbocycles. The molecule has 0 aromatic rings. The fourth-order valence-corrected chi connectivity index (χ4v) is 9.96. The van der Waals surface area contributed by atoms with Gasteiger partial charge in [-0.25, -0.2) is 0 Å². The van der Waals surface area contributed by atoms with Crippen molar-refractivity contribution in [2.24, 2.45) is 34.0 Å². The second-order valence-electron chi connectivity index (χ2n) is 15.0. The lowest BCUT2D eigenvalue weighted by Crippen LogP contribution is -2.54. The third kappa shape index (κ3) is 5.36. The average molecular weight is 539 g/mol. The summed E-state index contributed by atoms with van der Waals surface area (Å²) >= 11 is 0. The van der Waals surface area contributed by atoms with Crippen molar-refractivity contribution in [1.29, 1.82) is 0 Å². The third-order valence-electron chi connectivity index (χ3n) is 12.4. The molecule has 1 heterocycles. The molecular formula is C32H58O6. The highest BCUT2D eigenvalue weighted by atomic mass is 16.7. The smallest absolute Gasteiger partial charge is 0.147 e. The van der Waals surface area contributed by atoms with Gasteiger partial charge in [0.2, 0.25) is 0 Å². The Kier molecular flexibility index (Phi) is 9.06. The SMILES string of the molecule is CCC1C[C@@]2(CCC[C@H](O)C1C)CC[C@]1(C)[C@@H]([C@@]3(C)CCC(C(C)(C)OCOC)O3)[C@@H](OCO)C[C@@]1(C)C2. The number of aliphatic hydroxyl groups excluding tert-OH is 2. The van der Waals surface area contributed by atoms with Crippen LogP contribution < -0.4 is 0 Å². The predicted molar refractivity (Wildman–Crippen MR) is 150 cm³/mol. The second-order valence-corrected chi connectivity index (χ2v) is 15.0. The Morgan fingerprint density at radius 3 is 2.42 bits per heavy atom. The monoisotopic (exact) mass is 538 g/mol. The molecule has 0 bridgehead atoms. The molecule has 2 N–H and O–H groups in total. The molecular weight excluding hydrogens is 480 g/mol. The van der Waals surface area contributed by atoms with E-state index in [1.165, 1.54) is 32.1 Å². The fourth-order valence-electron chi connectivity index (χ4n) is 9.96. The molecule has 0 aromatic carbocycles. The molecule has 0 aromatic heterocycles. The summed E-state index contributed by atoms with van der Waals surface area (Å²) in [5, 5.41) is 20.7. The molecule has 4 rings (SSSR count). The lowest BCUT2D eigenvalue weighted by Gasteiger charge is -2.58. The van der Waals surface area contributed by atoms with Crippen molar-refractivity contribution < 1.29 is 29.2 Å². The molecule has 1 spiro atoms. The van der Waals surface area contributed by atoms with Gasteiger partial charge in [0.25, 0.3) is 0 Å². The van der Waals surface area contributed by atoms with Crippen molar-refractivity contribution in [2.45, 2.75) is 149 Å². The van der Waals surface area contributed by atoms with Crippen LogP contribution in [0.1, 0.15) is 119 Å². The Morgan fingerprint density at radius 1 is 1.03 bits per heavy atom. The van der Waals surface area contributed by atoms with Gasteiger partial charge in [0, 0.05) is 13.0 Å². The number of rotatable bonds is 8. The summed E-state index contributed by atoms with van der Waals surface area (Å²) in [4.78, 5) is 0. The van der Waals surface area contributed by atoms with Gasteiger partial charge < -0.3 is 29.2 Å². The maximum Gasteiger partial charge on any atom is 0.147 e. The Hall–Kier alpha value is -0.240. The Bertz CT molecular complexity index is 803. The normalized spacial score (nSPS) is 48.2. The van der Waals surface area contributed by atoms with E-state index in [0.717, 1.165) is 38.5 Å². The van der Waals surface area contributed by atoms with E-state index in [4.69, 9.17) is 18.9 Å². The molecule has 0 radical (unpaired) electrons. The molecule has 3 saturated carbocycles. The molecule has 6 heteroatoms. The van der Waals surface area contributed by atoms with Gasteiger partial charge in [-0.3, -0.25) is 0 Å². The number of fused-ring (bicyclic) bond motifs is 1. The molecule has 4 aliphatic rings. The van der Waals surface area contributed by atoms with Crippen LogP contribution >= 0.6 is 0 Å². The van der Waals surface area contributed by atoms with Gasteiger partial charge in [0.05, 0.1) is 29.5 Å². The van der Waals surface area contributed by atoms with Gasteiger partial charge in [-0.05, 0) is 107 Å². The van der Waals surface area contributed by atoms with E-state index < -0.39 is 5.60 Å². The minimum Gasteiger partial charge on any atom is -0.393 e. The molecule has 1 saturated heterocycles. The van der Waals surface area contributed by atoms with Crippen LogP contribution in [0.2, 0.25) is 0 Å². The zero-order valence-electron chi connectivity index (χ0n) is 25.7. The highest BCUT2D eigenvalue weighted by molar-refractivity contribution is 5.17. The van der Waals surface area contributed by atoms with E-state index in [0.29, 0.717) is 17.3 Å². The van der Waals surface area contributed by atoms with Crippen molar-refractivity contribution in [3.05, 3.63) is 0 Å². The van der Waals surface area contributed by atoms with E-state index in [9.17, 15) is 10.2 Å². The lowest BCUT2D eigenvalue weighted by atomic mass is 9.47. The number of aliphatic hydroxyl groups is 2. The largest absolute Gasteiger partial charge is 0.393 e. The van der Waals surface area contributed by atoms with Gasteiger partial charge in [0.1, 0.15) is 13.6 Å². The number of ether oxygens (including phenoxy) is 4. The van der Waals surface area contributed by atoms with Crippen LogP contribution in [-0.2, 0) is 18.9 Å². The van der Waals surface area contributed by atoms with E-state index >= 15 is 0 Å². The molecule has 0 amide bonds. The zero-order chi connectivity index (χ0) is 28.0. The summed E-state index contributed by atoms with van der Waals surface area (Å²) in [7, 11) is 1.66. The zero-order valence-corrected chi connectivity index (χ0v) is 25.7. The van der Waals surface area contributed by atoms with E-state index in [-0.39, 0.29) is 54.2 Å². The topological polar surface area (TPSA) is 77.4 Å². The Morgan fingerprint density at radius 2 is 1.76 bits per heavy atom. The van der Waals surface area contributed by atoms with Crippen LogP contribution in [0.4, 0.5) is 0 Å². The average Bonchev–Trinajstić information content (AvgIpc) is 3.36. The number of methoxy groups -OCH3 is 1. The van der Waals surface area contributed by atoms with Gasteiger partial charge in [-0.1, -0.05) is 40.5 Å². The van der Waals surface area contributed by atoms with E-state index in [1.807, 2.05) is 0 Å². The van der Waals surface area contributed by atoms with E-state index in [1.54, 1.807) is 7.11 Å². The van der Waals surface area contributed by atoms with Crippen molar-refractivity contribution in [1.82, 2.24) is 0 Å². The molecule has 4 fully saturated rings. The van der Waals surface area contributed by atoms with E-state index in [2.05, 4.69) is 48.5 Å². The first kappa shape index (κ1) is 30.7. The van der Waals surface area contributed by atoms with Gasteiger partial charge in [-0.15, -0.1) is 0 Å². The minimum absolute atomic E-state index is 0.00773. The Balaban J connectivity index is 1.61. The minimum atomic E-state index is -0.435. The third-order valence-corrected chi connectivity index (χ3v) is 12.4. The van der Waals surface area contributed by atoms with Crippen LogP contribution in [0, 0.1) is 34.0 Å². The number of hydrogen-bond donors (Lipinski definition) is 2. The number of hydrogen-bond acceptors (Lipinski definition) is 6. The van der Waals surface area contributed by atoms with Crippen molar-refractivity contribution in [2.75, 3.05) is 20.7 Å². The highest BCUT2D eigenvalue weighted by Crippen LogP contribution is 2.72. The first-order chi connectivity index (χ1) is 17.8. The lowest BCUT2D eigenvalue weighted by molar-refractivity contribution is -0.213. The first-order valence-corrected chi connectivity index (χ1v) is 15.5. The van der Waals surface area contributed by atoms with Gasteiger partial charge in [-0.2, -0.15) is 0 Å². The maximum atomic E-state index is 10.7. The summed E-state index contributed by atoms with van der Waals surface area (Å²) in [6.07, 6.45) is 11.9. The molecule has 3 unspecified atom stereocenters. The van der Waals surface area contributed by atoms with Crippen LogP contribution in [0.25, 0.3) is 0 Å². The van der Waals surface area contributed by atoms with Gasteiger partial charge >= 0.3 is 0 Å². The molecule has 6 nitrogen and oxygen atoms in total. The van der Waals surface area contributed by atoms with Crippen LogP contribution in [0.5, 0.6) is 0 Å². The molecule has 38 heavy (non-hydrogen) atoms. The highest BCUT2D eigenvalue weighted by Gasteiger charge is 2.68. The summed E-state index contributed by atoms with van der Waals surface area (Å²) < 4.78 is 24.4. The van der Waals surface area contributed by atoms with Crippen molar-refractivity contribution >= 4 is 0 Å². The first-order valence-electron chi connectivity index (χ1n) is 15.5. The predicted octanol–water partition coefficient (Wildman–Crippen LogP) is 6.46. The Labute approximate surface area is 232 Å².